The van der Waals surface area contributed by atoms with Gasteiger partial charge in [-0.15, -0.1) is 0 Å². The van der Waals surface area contributed by atoms with Crippen molar-refractivity contribution in [3.63, 3.8) is 0 Å². The van der Waals surface area contributed by atoms with E-state index in [4.69, 9.17) is 16.6 Å². The highest BCUT2D eigenvalue weighted by molar-refractivity contribution is 6.31. The van der Waals surface area contributed by atoms with Gasteiger partial charge in [0.05, 0.1) is 16.7 Å². The van der Waals surface area contributed by atoms with Crippen molar-refractivity contribution in [1.82, 2.24) is 19.3 Å². The average Bonchev–Trinajstić information content (AvgIpc) is 3.19. The topological polar surface area (TPSA) is 64.7 Å². The first-order chi connectivity index (χ1) is 13.9. The van der Waals surface area contributed by atoms with E-state index in [9.17, 15) is 9.18 Å². The number of para-hydroxylation sites is 2. The number of hydrogen-bond acceptors (Lipinski definition) is 3. The molecule has 1 aliphatic rings. The standard InChI is InChI=1S/C21H17ClFN5O/c1-11-19-14(13-8-7-12(23)9-15(13)22)10-18(29)25-20(19)28(26-11)21-24-16-5-3-4-6-17(16)27(21)2/h3-9,14H,10H2,1-2H3,(H,25,29). The number of amides is 1. The van der Waals surface area contributed by atoms with Gasteiger partial charge in [-0.1, -0.05) is 29.8 Å². The van der Waals surface area contributed by atoms with Gasteiger partial charge in [-0.05, 0) is 36.8 Å². The van der Waals surface area contributed by atoms with Gasteiger partial charge in [-0.25, -0.2) is 9.37 Å². The van der Waals surface area contributed by atoms with Crippen LogP contribution in [0.4, 0.5) is 10.2 Å². The Balaban J connectivity index is 1.72. The molecule has 2 aromatic heterocycles. The zero-order valence-electron chi connectivity index (χ0n) is 15.8. The van der Waals surface area contributed by atoms with Crippen molar-refractivity contribution < 1.29 is 9.18 Å². The maximum Gasteiger partial charge on any atom is 0.233 e. The number of imidazole rings is 1. The molecule has 1 aliphatic heterocycles. The summed E-state index contributed by atoms with van der Waals surface area (Å²) in [4.78, 5) is 17.2. The number of nitrogens with one attached hydrogen (secondary N) is 1. The number of rotatable bonds is 2. The molecule has 146 valence electrons. The summed E-state index contributed by atoms with van der Waals surface area (Å²) in [6.45, 7) is 1.89. The number of nitrogens with zero attached hydrogens (tertiary/aromatic N) is 4. The van der Waals surface area contributed by atoms with Gasteiger partial charge in [0.2, 0.25) is 11.9 Å². The van der Waals surface area contributed by atoms with Crippen LogP contribution in [0.1, 0.15) is 29.2 Å². The van der Waals surface area contributed by atoms with E-state index in [1.54, 1.807) is 10.7 Å². The number of hydrogen-bond donors (Lipinski definition) is 1. The van der Waals surface area contributed by atoms with Crippen molar-refractivity contribution >= 4 is 34.4 Å². The highest BCUT2D eigenvalue weighted by atomic mass is 35.5. The van der Waals surface area contributed by atoms with E-state index in [2.05, 4.69) is 10.4 Å². The number of anilines is 1. The number of carbonyl (C=O) groups is 1. The molecular formula is C21H17ClFN5O. The van der Waals surface area contributed by atoms with Crippen molar-refractivity contribution in [3.05, 3.63) is 70.1 Å². The van der Waals surface area contributed by atoms with Crippen LogP contribution in [-0.2, 0) is 11.8 Å². The molecule has 1 amide bonds. The van der Waals surface area contributed by atoms with Crippen molar-refractivity contribution in [2.45, 2.75) is 19.3 Å². The van der Waals surface area contributed by atoms with Gasteiger partial charge in [0, 0.05) is 30.0 Å². The van der Waals surface area contributed by atoms with E-state index in [0.717, 1.165) is 22.3 Å². The number of carbonyl (C=O) groups excluding carboxylic acids is 1. The third kappa shape index (κ3) is 2.73. The maximum absolute atomic E-state index is 13.5. The predicted octanol–water partition coefficient (Wildman–Crippen LogP) is 4.33. The van der Waals surface area contributed by atoms with E-state index < -0.39 is 5.82 Å². The van der Waals surface area contributed by atoms with Crippen LogP contribution in [0, 0.1) is 12.7 Å². The van der Waals surface area contributed by atoms with Crippen LogP contribution in [0.5, 0.6) is 0 Å². The molecule has 6 nitrogen and oxygen atoms in total. The van der Waals surface area contributed by atoms with Crippen LogP contribution >= 0.6 is 11.6 Å². The number of aryl methyl sites for hydroxylation is 2. The Morgan fingerprint density at radius 3 is 2.79 bits per heavy atom. The Morgan fingerprint density at radius 1 is 1.24 bits per heavy atom. The van der Waals surface area contributed by atoms with Crippen molar-refractivity contribution in [1.29, 1.82) is 0 Å². The van der Waals surface area contributed by atoms with E-state index in [1.807, 2.05) is 42.8 Å². The summed E-state index contributed by atoms with van der Waals surface area (Å²) in [5.41, 5.74) is 4.14. The van der Waals surface area contributed by atoms with Crippen molar-refractivity contribution in [2.24, 2.45) is 7.05 Å². The molecular weight excluding hydrogens is 393 g/mol. The molecule has 0 bridgehead atoms. The SMILES string of the molecule is Cc1nn(-c2nc3ccccc3n2C)c2c1C(c1ccc(F)cc1Cl)CC(=O)N2. The first-order valence-corrected chi connectivity index (χ1v) is 9.58. The van der Waals surface area contributed by atoms with E-state index in [1.165, 1.54) is 12.1 Å². The second-order valence-electron chi connectivity index (χ2n) is 7.19. The summed E-state index contributed by atoms with van der Waals surface area (Å²) in [5.74, 6) is 0.300. The molecule has 0 saturated carbocycles. The summed E-state index contributed by atoms with van der Waals surface area (Å²) in [5, 5.41) is 7.92. The zero-order valence-corrected chi connectivity index (χ0v) is 16.5. The molecule has 0 radical (unpaired) electrons. The lowest BCUT2D eigenvalue weighted by molar-refractivity contribution is -0.116. The molecule has 29 heavy (non-hydrogen) atoms. The molecule has 8 heteroatoms. The molecule has 5 rings (SSSR count). The molecule has 0 fully saturated rings. The van der Waals surface area contributed by atoms with Gasteiger partial charge >= 0.3 is 0 Å². The second kappa shape index (κ2) is 6.42. The first-order valence-electron chi connectivity index (χ1n) is 9.20. The number of halogens is 2. The third-order valence-corrected chi connectivity index (χ3v) is 5.72. The lowest BCUT2D eigenvalue weighted by atomic mass is 9.86. The van der Waals surface area contributed by atoms with Crippen LogP contribution in [0.15, 0.2) is 42.5 Å². The highest BCUT2D eigenvalue weighted by Gasteiger charge is 2.34. The molecule has 3 heterocycles. The Kier molecular flexibility index (Phi) is 3.96. The molecule has 4 aromatic rings. The van der Waals surface area contributed by atoms with Gasteiger partial charge in [0.15, 0.2) is 0 Å². The summed E-state index contributed by atoms with van der Waals surface area (Å²) in [7, 11) is 1.91. The summed E-state index contributed by atoms with van der Waals surface area (Å²) < 4.78 is 17.1. The lowest BCUT2D eigenvalue weighted by Gasteiger charge is -2.25. The number of aromatic nitrogens is 4. The highest BCUT2D eigenvalue weighted by Crippen LogP contribution is 2.42. The zero-order chi connectivity index (χ0) is 20.3. The molecule has 0 spiro atoms. The average molecular weight is 410 g/mol. The van der Waals surface area contributed by atoms with E-state index in [-0.39, 0.29) is 18.2 Å². The second-order valence-corrected chi connectivity index (χ2v) is 7.60. The monoisotopic (exact) mass is 409 g/mol. The summed E-state index contributed by atoms with van der Waals surface area (Å²) in [6, 6.07) is 12.1. The quantitative estimate of drug-likeness (QED) is 0.535. The first kappa shape index (κ1) is 17.9. The Morgan fingerprint density at radius 2 is 2.03 bits per heavy atom. The molecule has 0 saturated heterocycles. The molecule has 2 aromatic carbocycles. The minimum atomic E-state index is -0.411. The Hall–Kier alpha value is -3.19. The van der Waals surface area contributed by atoms with Gasteiger partial charge in [0.25, 0.3) is 0 Å². The fourth-order valence-electron chi connectivity index (χ4n) is 4.06. The summed E-state index contributed by atoms with van der Waals surface area (Å²) in [6.07, 6.45) is 0.216. The fourth-order valence-corrected chi connectivity index (χ4v) is 4.36. The van der Waals surface area contributed by atoms with Gasteiger partial charge < -0.3 is 9.88 Å². The maximum atomic E-state index is 13.5. The number of fused-ring (bicyclic) bond motifs is 2. The minimum Gasteiger partial charge on any atom is -0.311 e. The Labute approximate surface area is 170 Å². The van der Waals surface area contributed by atoms with Crippen LogP contribution < -0.4 is 5.32 Å². The smallest absolute Gasteiger partial charge is 0.233 e. The number of benzene rings is 2. The third-order valence-electron chi connectivity index (χ3n) is 5.39. The van der Waals surface area contributed by atoms with E-state index >= 15 is 0 Å². The summed E-state index contributed by atoms with van der Waals surface area (Å²) >= 11 is 6.32. The van der Waals surface area contributed by atoms with Gasteiger partial charge in [-0.2, -0.15) is 9.78 Å². The van der Waals surface area contributed by atoms with Crippen molar-refractivity contribution in [3.8, 4) is 5.95 Å². The predicted molar refractivity (Wildman–Crippen MR) is 109 cm³/mol. The molecule has 1 unspecified atom stereocenters. The lowest BCUT2D eigenvalue weighted by Crippen LogP contribution is -2.25. The van der Waals surface area contributed by atoms with E-state index in [0.29, 0.717) is 22.4 Å². The Bertz CT molecular complexity index is 1290. The minimum absolute atomic E-state index is 0.150. The van der Waals surface area contributed by atoms with Gasteiger partial charge in [-0.3, -0.25) is 4.79 Å². The van der Waals surface area contributed by atoms with Crippen LogP contribution in [0.2, 0.25) is 5.02 Å². The van der Waals surface area contributed by atoms with Gasteiger partial charge in [0.1, 0.15) is 11.6 Å². The fraction of sp³-hybridized carbons (Fsp3) is 0.190. The molecule has 1 N–H and O–H groups in total. The van der Waals surface area contributed by atoms with Crippen LogP contribution in [-0.4, -0.2) is 25.2 Å². The van der Waals surface area contributed by atoms with Crippen molar-refractivity contribution in [2.75, 3.05) is 5.32 Å². The molecule has 1 atom stereocenters. The normalized spacial score (nSPS) is 16.1. The molecule has 0 aliphatic carbocycles. The van der Waals surface area contributed by atoms with Crippen LogP contribution in [0.3, 0.4) is 0 Å². The largest absolute Gasteiger partial charge is 0.311 e. The van der Waals surface area contributed by atoms with Crippen LogP contribution in [0.25, 0.3) is 17.0 Å².